The molecule has 0 N–H and O–H groups in total. The average molecular weight is 681 g/mol. The van der Waals surface area contributed by atoms with E-state index in [0.29, 0.717) is 17.7 Å². The average Bonchev–Trinajstić information content (AvgIpc) is 3.83. The second kappa shape index (κ2) is 11.2. The van der Waals surface area contributed by atoms with Crippen molar-refractivity contribution < 1.29 is 0 Å². The van der Waals surface area contributed by atoms with E-state index in [1.807, 2.05) is 0 Å². The van der Waals surface area contributed by atoms with Crippen molar-refractivity contribution in [2.45, 2.75) is 13.8 Å². The predicted octanol–water partition coefficient (Wildman–Crippen LogP) is 11.4. The third kappa shape index (κ3) is 4.36. The molecule has 250 valence electrons. The largest absolute Gasteiger partial charge is 0.309 e. The fourth-order valence-corrected chi connectivity index (χ4v) is 8.32. The van der Waals surface area contributed by atoms with Crippen LogP contribution in [0.1, 0.15) is 11.1 Å². The van der Waals surface area contributed by atoms with Crippen molar-refractivity contribution in [1.82, 2.24) is 28.7 Å². The summed E-state index contributed by atoms with van der Waals surface area (Å²) in [4.78, 5) is 16.1. The number of hydrogen-bond donors (Lipinski definition) is 0. The summed E-state index contributed by atoms with van der Waals surface area (Å²) in [6.45, 7) is 4.31. The number of hydrogen-bond acceptors (Lipinski definition) is 3. The Morgan fingerprint density at radius 1 is 0.340 bits per heavy atom. The fourth-order valence-electron chi connectivity index (χ4n) is 8.32. The van der Waals surface area contributed by atoms with Crippen molar-refractivity contribution in [3.05, 3.63) is 169 Å². The summed E-state index contributed by atoms with van der Waals surface area (Å²) in [5.41, 5.74) is 10.8. The summed E-state index contributed by atoms with van der Waals surface area (Å²) in [5.74, 6) is 1.72. The Balaban J connectivity index is 1.26. The number of aryl methyl sites for hydroxylation is 2. The summed E-state index contributed by atoms with van der Waals surface area (Å²) >= 11 is 0. The Kier molecular flexibility index (Phi) is 6.28. The first kappa shape index (κ1) is 29.7. The van der Waals surface area contributed by atoms with Gasteiger partial charge >= 0.3 is 0 Å². The van der Waals surface area contributed by atoms with Crippen LogP contribution >= 0.6 is 0 Å². The molecule has 0 bridgehead atoms. The Labute approximate surface area is 304 Å². The third-order valence-corrected chi connectivity index (χ3v) is 10.6. The monoisotopic (exact) mass is 680 g/mol. The van der Waals surface area contributed by atoms with Crippen LogP contribution < -0.4 is 0 Å². The number of para-hydroxylation sites is 5. The quantitative estimate of drug-likeness (QED) is 0.186. The van der Waals surface area contributed by atoms with Gasteiger partial charge in [0.25, 0.3) is 0 Å². The van der Waals surface area contributed by atoms with Crippen LogP contribution in [0.25, 0.3) is 94.4 Å². The van der Waals surface area contributed by atoms with Crippen molar-refractivity contribution >= 4 is 65.4 Å². The van der Waals surface area contributed by atoms with Crippen molar-refractivity contribution in [2.24, 2.45) is 0 Å². The molecule has 11 rings (SSSR count). The second-order valence-electron chi connectivity index (χ2n) is 13.9. The van der Waals surface area contributed by atoms with Crippen molar-refractivity contribution in [3.63, 3.8) is 0 Å². The lowest BCUT2D eigenvalue weighted by molar-refractivity contribution is 0.892. The maximum absolute atomic E-state index is 5.39. The van der Waals surface area contributed by atoms with E-state index in [9.17, 15) is 0 Å². The summed E-state index contributed by atoms with van der Waals surface area (Å²) in [7, 11) is 0. The number of fused-ring (bicyclic) bond motifs is 9. The molecule has 0 aliphatic heterocycles. The first-order chi connectivity index (χ1) is 26.1. The smallest absolute Gasteiger partial charge is 0.240 e. The molecule has 6 nitrogen and oxygen atoms in total. The zero-order chi connectivity index (χ0) is 35.2. The SMILES string of the molecule is Cc1ccc2c(c1)c1cc(C)ccc1n2-c1ccccc1-c1nc(-n2c3ccccc3c3ccccc32)nc(-n2c3ccccc3c3ccccc32)n1. The molecule has 4 heterocycles. The van der Waals surface area contributed by atoms with E-state index >= 15 is 0 Å². The van der Waals surface area contributed by atoms with Gasteiger partial charge in [-0.25, -0.2) is 0 Å². The van der Waals surface area contributed by atoms with Gasteiger partial charge in [-0.15, -0.1) is 0 Å². The van der Waals surface area contributed by atoms with Crippen molar-refractivity contribution in [1.29, 1.82) is 0 Å². The lowest BCUT2D eigenvalue weighted by atomic mass is 10.1. The van der Waals surface area contributed by atoms with Crippen LogP contribution in [0.5, 0.6) is 0 Å². The van der Waals surface area contributed by atoms with Crippen LogP contribution in [0.2, 0.25) is 0 Å². The van der Waals surface area contributed by atoms with Crippen LogP contribution in [-0.4, -0.2) is 28.7 Å². The Hall–Kier alpha value is -7.05. The Morgan fingerprint density at radius 2 is 0.717 bits per heavy atom. The molecule has 0 aliphatic carbocycles. The van der Waals surface area contributed by atoms with Crippen molar-refractivity contribution in [2.75, 3.05) is 0 Å². The molecule has 0 saturated carbocycles. The summed E-state index contributed by atoms with van der Waals surface area (Å²) in [5, 5.41) is 7.07. The van der Waals surface area contributed by atoms with Gasteiger partial charge in [-0.3, -0.25) is 9.13 Å². The topological polar surface area (TPSA) is 53.5 Å². The van der Waals surface area contributed by atoms with Gasteiger partial charge in [0.1, 0.15) is 0 Å². The molecule has 6 heteroatoms. The molecular formula is C47H32N6. The Bertz CT molecular complexity index is 2970. The van der Waals surface area contributed by atoms with Gasteiger partial charge in [0.15, 0.2) is 5.82 Å². The molecule has 0 fully saturated rings. The molecule has 53 heavy (non-hydrogen) atoms. The van der Waals surface area contributed by atoms with E-state index in [1.54, 1.807) is 0 Å². The van der Waals surface area contributed by atoms with Gasteiger partial charge in [0, 0.05) is 37.9 Å². The highest BCUT2D eigenvalue weighted by molar-refractivity contribution is 6.11. The number of benzene rings is 7. The van der Waals surface area contributed by atoms with Gasteiger partial charge in [-0.05, 0) is 74.5 Å². The first-order valence-corrected chi connectivity index (χ1v) is 18.0. The van der Waals surface area contributed by atoms with Crippen LogP contribution in [0.4, 0.5) is 0 Å². The highest BCUT2D eigenvalue weighted by Crippen LogP contribution is 2.38. The van der Waals surface area contributed by atoms with E-state index in [0.717, 1.165) is 65.9 Å². The summed E-state index contributed by atoms with van der Waals surface area (Å²) in [6, 6.07) is 55.9. The molecular weight excluding hydrogens is 649 g/mol. The van der Waals surface area contributed by atoms with Crippen LogP contribution in [0.15, 0.2) is 158 Å². The standard InChI is InChI=1S/C47H32N6/c1-29-23-25-43-36(27-29)37-28-30(2)24-26-44(37)51(43)42-22-12-7-17-35(42)45-48-46(52-38-18-8-3-13-31(38)32-14-4-9-19-39(32)52)50-47(49-45)53-40-20-10-5-15-33(40)34-16-6-11-21-41(34)53/h3-28H,1-2H3. The lowest BCUT2D eigenvalue weighted by Gasteiger charge is -2.16. The number of aromatic nitrogens is 6. The van der Waals surface area contributed by atoms with Crippen LogP contribution in [-0.2, 0) is 0 Å². The van der Waals surface area contributed by atoms with E-state index in [2.05, 4.69) is 185 Å². The lowest BCUT2D eigenvalue weighted by Crippen LogP contribution is -2.11. The maximum Gasteiger partial charge on any atom is 0.240 e. The van der Waals surface area contributed by atoms with Crippen molar-refractivity contribution in [3.8, 4) is 29.0 Å². The fraction of sp³-hybridized carbons (Fsp3) is 0.0426. The van der Waals surface area contributed by atoms with Crippen LogP contribution in [0, 0.1) is 13.8 Å². The van der Waals surface area contributed by atoms with E-state index in [1.165, 1.54) is 21.9 Å². The zero-order valence-corrected chi connectivity index (χ0v) is 29.2. The number of rotatable bonds is 4. The van der Waals surface area contributed by atoms with Gasteiger partial charge in [0.2, 0.25) is 11.9 Å². The van der Waals surface area contributed by atoms with Crippen LogP contribution in [0.3, 0.4) is 0 Å². The molecule has 0 unspecified atom stereocenters. The minimum Gasteiger partial charge on any atom is -0.309 e. The molecule has 0 amide bonds. The molecule has 7 aromatic carbocycles. The Morgan fingerprint density at radius 3 is 1.17 bits per heavy atom. The molecule has 0 aliphatic rings. The molecule has 0 saturated heterocycles. The third-order valence-electron chi connectivity index (χ3n) is 10.6. The van der Waals surface area contributed by atoms with Gasteiger partial charge in [-0.2, -0.15) is 15.0 Å². The summed E-state index contributed by atoms with van der Waals surface area (Å²) in [6.07, 6.45) is 0. The van der Waals surface area contributed by atoms with Gasteiger partial charge < -0.3 is 4.57 Å². The minimum absolute atomic E-state index is 0.563. The zero-order valence-electron chi connectivity index (χ0n) is 29.2. The molecule has 4 aromatic heterocycles. The van der Waals surface area contributed by atoms with E-state index < -0.39 is 0 Å². The summed E-state index contributed by atoms with van der Waals surface area (Å²) < 4.78 is 6.73. The minimum atomic E-state index is 0.563. The molecule has 0 atom stereocenters. The van der Waals surface area contributed by atoms with E-state index in [4.69, 9.17) is 15.0 Å². The predicted molar refractivity (Wildman–Crippen MR) is 218 cm³/mol. The van der Waals surface area contributed by atoms with Gasteiger partial charge in [0.05, 0.1) is 38.8 Å². The first-order valence-electron chi connectivity index (χ1n) is 18.0. The highest BCUT2D eigenvalue weighted by Gasteiger charge is 2.23. The number of nitrogens with zero attached hydrogens (tertiary/aromatic N) is 6. The van der Waals surface area contributed by atoms with E-state index in [-0.39, 0.29) is 0 Å². The molecule has 0 spiro atoms. The normalized spacial score (nSPS) is 12.0. The molecule has 11 aromatic rings. The highest BCUT2D eigenvalue weighted by atomic mass is 15.3. The van der Waals surface area contributed by atoms with Gasteiger partial charge in [-0.1, -0.05) is 108 Å². The maximum atomic E-state index is 5.39. The second-order valence-corrected chi connectivity index (χ2v) is 13.9. The molecule has 0 radical (unpaired) electrons.